The van der Waals surface area contributed by atoms with Gasteiger partial charge in [-0.25, -0.2) is 9.59 Å². The molecule has 0 unspecified atom stereocenters. The molecule has 1 aliphatic rings. The number of rotatable bonds is 6. The summed E-state index contributed by atoms with van der Waals surface area (Å²) in [6.45, 7) is 4.72. The highest BCUT2D eigenvalue weighted by atomic mass is 16.4. The van der Waals surface area contributed by atoms with Crippen molar-refractivity contribution >= 4 is 29.3 Å². The molecule has 4 rings (SSSR count). The van der Waals surface area contributed by atoms with Gasteiger partial charge in [0, 0.05) is 17.9 Å². The predicted molar refractivity (Wildman–Crippen MR) is 138 cm³/mol. The normalized spacial score (nSPS) is 15.1. The van der Waals surface area contributed by atoms with Crippen molar-refractivity contribution in [2.75, 3.05) is 17.2 Å². The van der Waals surface area contributed by atoms with Gasteiger partial charge in [0.1, 0.15) is 17.4 Å². The number of carboxylic acids is 1. The quantitative estimate of drug-likeness (QED) is 0.365. The van der Waals surface area contributed by atoms with Crippen molar-refractivity contribution in [3.05, 3.63) is 77.9 Å². The van der Waals surface area contributed by atoms with E-state index < -0.39 is 12.0 Å². The van der Waals surface area contributed by atoms with E-state index >= 15 is 0 Å². The lowest BCUT2D eigenvalue weighted by atomic mass is 10.0. The summed E-state index contributed by atoms with van der Waals surface area (Å²) >= 11 is 0. The molecule has 0 spiro atoms. The van der Waals surface area contributed by atoms with Gasteiger partial charge in [0.25, 0.3) is 0 Å². The van der Waals surface area contributed by atoms with Crippen LogP contribution in [0.1, 0.15) is 48.5 Å². The van der Waals surface area contributed by atoms with Crippen molar-refractivity contribution in [2.45, 2.75) is 38.6 Å². The highest BCUT2D eigenvalue weighted by molar-refractivity contribution is 6.00. The van der Waals surface area contributed by atoms with E-state index in [0.29, 0.717) is 35.8 Å². The summed E-state index contributed by atoms with van der Waals surface area (Å²) in [5.74, 6) is -1.37. The van der Waals surface area contributed by atoms with Crippen LogP contribution in [0.15, 0.2) is 66.7 Å². The molecule has 0 aromatic heterocycles. The molecular weight excluding hydrogens is 458 g/mol. The lowest BCUT2D eigenvalue weighted by Crippen LogP contribution is -2.45. The SMILES string of the molecule is CC(C)c1ccc(NC(=O)N2CCC[C@@H]2C(=O)Nc2ccc(-c3ccc(O)c(C(=O)O)c3)cc2)cc1. The van der Waals surface area contributed by atoms with E-state index in [9.17, 15) is 24.6 Å². The maximum Gasteiger partial charge on any atom is 0.339 e. The number of hydrogen-bond donors (Lipinski definition) is 4. The maximum atomic E-state index is 13.0. The Kier molecular flexibility index (Phi) is 7.24. The Morgan fingerprint density at radius 1 is 0.889 bits per heavy atom. The Labute approximate surface area is 209 Å². The number of nitrogens with zero attached hydrogens (tertiary/aromatic N) is 1. The molecule has 1 saturated heterocycles. The van der Waals surface area contributed by atoms with Crippen molar-refractivity contribution in [2.24, 2.45) is 0 Å². The Balaban J connectivity index is 1.40. The molecular formula is C28H29N3O5. The fourth-order valence-electron chi connectivity index (χ4n) is 4.29. The van der Waals surface area contributed by atoms with Crippen LogP contribution in [0.2, 0.25) is 0 Å². The lowest BCUT2D eigenvalue weighted by molar-refractivity contribution is -0.119. The summed E-state index contributed by atoms with van der Waals surface area (Å²) in [4.78, 5) is 38.7. The smallest absolute Gasteiger partial charge is 0.339 e. The zero-order chi connectivity index (χ0) is 25.8. The molecule has 8 nitrogen and oxygen atoms in total. The van der Waals surface area contributed by atoms with Crippen LogP contribution in [-0.4, -0.2) is 45.6 Å². The number of amides is 3. The first-order chi connectivity index (χ1) is 17.2. The van der Waals surface area contributed by atoms with Crippen LogP contribution in [0.4, 0.5) is 16.2 Å². The number of nitrogens with one attached hydrogen (secondary N) is 2. The number of likely N-dealkylation sites (tertiary alicyclic amines) is 1. The van der Waals surface area contributed by atoms with Crippen LogP contribution in [0, 0.1) is 0 Å². The van der Waals surface area contributed by atoms with Crippen LogP contribution < -0.4 is 10.6 Å². The zero-order valence-electron chi connectivity index (χ0n) is 20.2. The molecule has 0 bridgehead atoms. The molecule has 3 aromatic rings. The molecule has 1 atom stereocenters. The Bertz CT molecular complexity index is 1270. The first-order valence-electron chi connectivity index (χ1n) is 11.9. The summed E-state index contributed by atoms with van der Waals surface area (Å²) < 4.78 is 0. The number of anilines is 2. The second-order valence-electron chi connectivity index (χ2n) is 9.16. The molecule has 1 heterocycles. The monoisotopic (exact) mass is 487 g/mol. The third-order valence-electron chi connectivity index (χ3n) is 6.36. The molecule has 0 radical (unpaired) electrons. The minimum atomic E-state index is -1.21. The minimum Gasteiger partial charge on any atom is -0.507 e. The van der Waals surface area contributed by atoms with E-state index in [2.05, 4.69) is 24.5 Å². The van der Waals surface area contributed by atoms with Crippen molar-refractivity contribution in [3.63, 3.8) is 0 Å². The summed E-state index contributed by atoms with van der Waals surface area (Å²) in [7, 11) is 0. The van der Waals surface area contributed by atoms with Gasteiger partial charge in [0.2, 0.25) is 5.91 Å². The van der Waals surface area contributed by atoms with Crippen LogP contribution in [0.25, 0.3) is 11.1 Å². The van der Waals surface area contributed by atoms with Gasteiger partial charge in [-0.1, -0.05) is 44.2 Å². The van der Waals surface area contributed by atoms with Gasteiger partial charge in [-0.3, -0.25) is 4.79 Å². The number of carbonyl (C=O) groups excluding carboxylic acids is 2. The second-order valence-corrected chi connectivity index (χ2v) is 9.16. The third-order valence-corrected chi connectivity index (χ3v) is 6.36. The molecule has 4 N–H and O–H groups in total. The van der Waals surface area contributed by atoms with Gasteiger partial charge >= 0.3 is 12.0 Å². The van der Waals surface area contributed by atoms with E-state index in [1.807, 2.05) is 24.3 Å². The molecule has 0 aliphatic carbocycles. The van der Waals surface area contributed by atoms with Crippen molar-refractivity contribution in [1.29, 1.82) is 0 Å². The molecule has 8 heteroatoms. The van der Waals surface area contributed by atoms with Gasteiger partial charge in [-0.2, -0.15) is 0 Å². The summed E-state index contributed by atoms with van der Waals surface area (Å²) in [5.41, 5.74) is 3.62. The Hall–Kier alpha value is -4.33. The molecule has 1 fully saturated rings. The predicted octanol–water partition coefficient (Wildman–Crippen LogP) is 5.52. The van der Waals surface area contributed by atoms with E-state index in [4.69, 9.17) is 0 Å². The Morgan fingerprint density at radius 2 is 1.50 bits per heavy atom. The Morgan fingerprint density at radius 3 is 2.14 bits per heavy atom. The van der Waals surface area contributed by atoms with Gasteiger partial charge in [-0.05, 0) is 71.8 Å². The molecule has 1 aliphatic heterocycles. The lowest BCUT2D eigenvalue weighted by Gasteiger charge is -2.24. The number of carboxylic acid groups (broad SMARTS) is 1. The van der Waals surface area contributed by atoms with Crippen molar-refractivity contribution in [1.82, 2.24) is 4.90 Å². The minimum absolute atomic E-state index is 0.180. The second kappa shape index (κ2) is 10.5. The summed E-state index contributed by atoms with van der Waals surface area (Å²) in [5, 5.41) is 24.7. The molecule has 3 amide bonds. The number of carbonyl (C=O) groups is 3. The largest absolute Gasteiger partial charge is 0.507 e. The summed E-state index contributed by atoms with van der Waals surface area (Å²) in [6, 6.07) is 18.1. The number of phenols is 1. The van der Waals surface area contributed by atoms with Crippen LogP contribution in [0.3, 0.4) is 0 Å². The number of benzene rings is 3. The van der Waals surface area contributed by atoms with Crippen LogP contribution in [-0.2, 0) is 4.79 Å². The van der Waals surface area contributed by atoms with Crippen molar-refractivity contribution < 1.29 is 24.6 Å². The molecule has 3 aromatic carbocycles. The van der Waals surface area contributed by atoms with E-state index in [1.165, 1.54) is 17.7 Å². The van der Waals surface area contributed by atoms with Gasteiger partial charge in [0.15, 0.2) is 0 Å². The third kappa shape index (κ3) is 5.49. The average molecular weight is 488 g/mol. The maximum absolute atomic E-state index is 13.0. The first-order valence-corrected chi connectivity index (χ1v) is 11.9. The standard InChI is InChI=1S/C28H29N3O5/c1-17(2)18-5-10-22(11-6-18)30-28(36)31-15-3-4-24(31)26(33)29-21-12-7-19(8-13-21)20-9-14-25(32)23(16-20)27(34)35/h5-14,16-17,24,32H,3-4,15H2,1-2H3,(H,29,33)(H,30,36)(H,34,35)/t24-/m1/s1. The van der Waals surface area contributed by atoms with Crippen molar-refractivity contribution in [3.8, 4) is 16.9 Å². The van der Waals surface area contributed by atoms with Gasteiger partial charge in [-0.15, -0.1) is 0 Å². The summed E-state index contributed by atoms with van der Waals surface area (Å²) in [6.07, 6.45) is 1.32. The first kappa shape index (κ1) is 24.8. The number of aromatic hydroxyl groups is 1. The van der Waals surface area contributed by atoms with E-state index in [1.54, 1.807) is 35.2 Å². The number of aromatic carboxylic acids is 1. The number of hydrogen-bond acceptors (Lipinski definition) is 4. The molecule has 0 saturated carbocycles. The van der Waals surface area contributed by atoms with Gasteiger partial charge in [0.05, 0.1) is 0 Å². The van der Waals surface area contributed by atoms with Crippen LogP contribution >= 0.6 is 0 Å². The van der Waals surface area contributed by atoms with E-state index in [0.717, 1.165) is 12.0 Å². The molecule has 36 heavy (non-hydrogen) atoms. The average Bonchev–Trinajstić information content (AvgIpc) is 3.35. The van der Waals surface area contributed by atoms with Crippen LogP contribution in [0.5, 0.6) is 5.75 Å². The molecule has 186 valence electrons. The van der Waals surface area contributed by atoms with E-state index in [-0.39, 0.29) is 23.3 Å². The van der Waals surface area contributed by atoms with Gasteiger partial charge < -0.3 is 25.7 Å². The highest BCUT2D eigenvalue weighted by Crippen LogP contribution is 2.28. The highest BCUT2D eigenvalue weighted by Gasteiger charge is 2.34. The fourth-order valence-corrected chi connectivity index (χ4v) is 4.29. The zero-order valence-corrected chi connectivity index (χ0v) is 20.2. The topological polar surface area (TPSA) is 119 Å². The number of urea groups is 1. The fraction of sp³-hybridized carbons (Fsp3) is 0.250.